The van der Waals surface area contributed by atoms with Crippen LogP contribution in [0, 0.1) is 0 Å². The summed E-state index contributed by atoms with van der Waals surface area (Å²) in [6, 6.07) is 47.2. The average molecular weight is 717 g/mol. The first-order valence-corrected chi connectivity index (χ1v) is 18.8. The number of ether oxygens (including phenoxy) is 2. The van der Waals surface area contributed by atoms with Crippen LogP contribution in [0.25, 0.3) is 22.3 Å². The van der Waals surface area contributed by atoms with Gasteiger partial charge in [-0.25, -0.2) is 0 Å². The van der Waals surface area contributed by atoms with E-state index in [9.17, 15) is 0 Å². The van der Waals surface area contributed by atoms with Gasteiger partial charge in [-0.1, -0.05) is 97.1 Å². The maximum Gasteiger partial charge on any atom is 0.130 e. The summed E-state index contributed by atoms with van der Waals surface area (Å²) in [6.45, 7) is 0.824. The lowest BCUT2D eigenvalue weighted by Gasteiger charge is -2.12. The van der Waals surface area contributed by atoms with Crippen LogP contribution >= 0.6 is 39.5 Å². The van der Waals surface area contributed by atoms with E-state index in [1.165, 1.54) is 44.5 Å². The maximum atomic E-state index is 6.06. The fraction of sp³-hybridized carbons (Fsp3) is 0.146. The molecule has 0 atom stereocenters. The van der Waals surface area contributed by atoms with Crippen molar-refractivity contribution in [2.75, 3.05) is 0 Å². The van der Waals surface area contributed by atoms with Crippen molar-refractivity contribution in [1.29, 1.82) is 0 Å². The van der Waals surface area contributed by atoms with Crippen molar-refractivity contribution in [2.24, 2.45) is 0 Å². The number of thioether (sulfide) groups is 2. The van der Waals surface area contributed by atoms with Crippen LogP contribution in [0.4, 0.5) is 0 Å². The molecular formula is C41H34BrNO2S2. The summed E-state index contributed by atoms with van der Waals surface area (Å²) in [5.74, 6) is 5.49. The lowest BCUT2D eigenvalue weighted by atomic mass is 9.98. The SMILES string of the molecule is Brc1c2cccc1-c1ccc(cc1)CSCc1ccc(cc1)OCc1cccc(n1)COc1ccc(cc1)CSCc1ccc-2cc1. The minimum absolute atomic E-state index is 0.412. The van der Waals surface area contributed by atoms with Crippen molar-refractivity contribution in [1.82, 2.24) is 4.98 Å². The second kappa shape index (κ2) is 15.3. The molecule has 0 unspecified atom stereocenters. The van der Waals surface area contributed by atoms with Crippen LogP contribution in [0.2, 0.25) is 0 Å². The number of hydrogen-bond acceptors (Lipinski definition) is 5. The van der Waals surface area contributed by atoms with E-state index < -0.39 is 0 Å². The Morgan fingerprint density at radius 2 is 0.809 bits per heavy atom. The lowest BCUT2D eigenvalue weighted by Crippen LogP contribution is -2.03. The maximum absolute atomic E-state index is 6.06. The average Bonchev–Trinajstić information content (AvgIpc) is 3.12. The van der Waals surface area contributed by atoms with Crippen molar-refractivity contribution in [3.05, 3.63) is 172 Å². The molecule has 13 rings (SSSR count). The summed E-state index contributed by atoms with van der Waals surface area (Å²) in [4.78, 5) is 4.75. The van der Waals surface area contributed by atoms with Crippen LogP contribution in [-0.2, 0) is 36.2 Å². The van der Waals surface area contributed by atoms with Gasteiger partial charge in [-0.15, -0.1) is 0 Å². The highest BCUT2D eigenvalue weighted by Gasteiger charge is 2.11. The highest BCUT2D eigenvalue weighted by atomic mass is 79.9. The van der Waals surface area contributed by atoms with E-state index in [0.29, 0.717) is 13.2 Å². The van der Waals surface area contributed by atoms with E-state index in [1.807, 2.05) is 66.0 Å². The molecule has 0 amide bonds. The van der Waals surface area contributed by atoms with E-state index in [2.05, 4.69) is 107 Å². The monoisotopic (exact) mass is 715 g/mol. The first-order valence-electron chi connectivity index (χ1n) is 15.7. The summed E-state index contributed by atoms with van der Waals surface area (Å²) in [5, 5.41) is 0. The Morgan fingerprint density at radius 1 is 0.447 bits per heavy atom. The fourth-order valence-corrected chi connectivity index (χ4v) is 8.12. The smallest absolute Gasteiger partial charge is 0.130 e. The first-order chi connectivity index (χ1) is 23.2. The quantitative estimate of drug-likeness (QED) is 0.156. The van der Waals surface area contributed by atoms with Gasteiger partial charge in [0, 0.05) is 27.5 Å². The van der Waals surface area contributed by atoms with E-state index in [-0.39, 0.29) is 0 Å². The van der Waals surface area contributed by atoms with Gasteiger partial charge < -0.3 is 9.47 Å². The third-order valence-corrected chi connectivity index (χ3v) is 11.1. The largest absolute Gasteiger partial charge is 0.487 e. The van der Waals surface area contributed by atoms with Gasteiger partial charge >= 0.3 is 0 Å². The number of halogens is 1. The summed E-state index contributed by atoms with van der Waals surface area (Å²) in [7, 11) is 0. The molecule has 0 radical (unpaired) electrons. The molecule has 1 aromatic heterocycles. The van der Waals surface area contributed by atoms with Gasteiger partial charge in [0.05, 0.1) is 11.4 Å². The van der Waals surface area contributed by atoms with Crippen LogP contribution in [0.5, 0.6) is 11.5 Å². The fourth-order valence-electron chi connectivity index (χ4n) is 5.48. The normalized spacial score (nSPS) is 13.7. The van der Waals surface area contributed by atoms with Crippen LogP contribution in [0.3, 0.4) is 0 Å². The molecule has 6 aromatic rings. The number of rotatable bonds is 0. The molecule has 234 valence electrons. The molecule has 3 nitrogen and oxygen atoms in total. The highest BCUT2D eigenvalue weighted by Crippen LogP contribution is 2.37. The lowest BCUT2D eigenvalue weighted by molar-refractivity contribution is 0.290. The Kier molecular flexibility index (Phi) is 10.3. The number of hydrogen-bond donors (Lipinski definition) is 0. The van der Waals surface area contributed by atoms with Crippen molar-refractivity contribution < 1.29 is 9.47 Å². The van der Waals surface area contributed by atoms with E-state index in [0.717, 1.165) is 50.4 Å². The molecule has 12 bridgehead atoms. The van der Waals surface area contributed by atoms with Crippen LogP contribution in [0.15, 0.2) is 138 Å². The molecule has 5 aromatic carbocycles. The number of pyridine rings is 1. The molecule has 8 heterocycles. The standard InChI is InChI=1S/C41H34BrNO2S2/c42-41-39-5-2-6-40(41)34-17-9-30(10-18-34)26-47-28-32-13-21-38(22-14-32)45-24-36-4-1-3-35(43-36)23-44-37-19-11-31(12-20-37)27-46-25-29-7-15-33(39)16-8-29/h1-22H,23-28H2. The Bertz CT molecular complexity index is 1790. The number of benzene rings is 5. The van der Waals surface area contributed by atoms with Crippen molar-refractivity contribution in [2.45, 2.75) is 36.2 Å². The Hall–Kier alpha value is -3.97. The zero-order valence-corrected chi connectivity index (χ0v) is 29.1. The van der Waals surface area contributed by atoms with Crippen LogP contribution in [0.1, 0.15) is 33.6 Å². The molecule has 7 aliphatic heterocycles. The first kappa shape index (κ1) is 31.6. The van der Waals surface area contributed by atoms with E-state index in [4.69, 9.17) is 14.5 Å². The van der Waals surface area contributed by atoms with E-state index >= 15 is 0 Å². The molecule has 0 saturated heterocycles. The number of nitrogens with zero attached hydrogens (tertiary/aromatic N) is 1. The summed E-state index contributed by atoms with van der Waals surface area (Å²) < 4.78 is 13.2. The molecule has 0 N–H and O–H groups in total. The zero-order chi connectivity index (χ0) is 31.8. The molecule has 0 aliphatic carbocycles. The van der Waals surface area contributed by atoms with Gasteiger partial charge in [0.2, 0.25) is 0 Å². The third kappa shape index (κ3) is 8.31. The van der Waals surface area contributed by atoms with Gasteiger partial charge in [-0.3, -0.25) is 4.98 Å². The molecule has 47 heavy (non-hydrogen) atoms. The van der Waals surface area contributed by atoms with Gasteiger partial charge in [-0.05, 0) is 96.8 Å². The Labute approximate surface area is 293 Å². The zero-order valence-electron chi connectivity index (χ0n) is 25.9. The van der Waals surface area contributed by atoms with Gasteiger partial charge in [0.25, 0.3) is 0 Å². The topological polar surface area (TPSA) is 31.4 Å². The molecule has 0 saturated carbocycles. The predicted molar refractivity (Wildman–Crippen MR) is 201 cm³/mol. The van der Waals surface area contributed by atoms with Crippen molar-refractivity contribution in [3.63, 3.8) is 0 Å². The molecule has 0 fully saturated rings. The summed E-state index contributed by atoms with van der Waals surface area (Å²) >= 11 is 7.78. The molecule has 7 aliphatic rings. The van der Waals surface area contributed by atoms with Crippen molar-refractivity contribution >= 4 is 39.5 Å². The Balaban J connectivity index is 1.10. The van der Waals surface area contributed by atoms with E-state index in [1.54, 1.807) is 0 Å². The summed E-state index contributed by atoms with van der Waals surface area (Å²) in [6.07, 6.45) is 0. The van der Waals surface area contributed by atoms with Gasteiger partial charge in [0.1, 0.15) is 24.7 Å². The van der Waals surface area contributed by atoms with Crippen LogP contribution in [-0.4, -0.2) is 4.98 Å². The Morgan fingerprint density at radius 3 is 1.21 bits per heavy atom. The second-order valence-corrected chi connectivity index (χ2v) is 14.3. The third-order valence-electron chi connectivity index (χ3n) is 8.09. The molecular weight excluding hydrogens is 682 g/mol. The number of aromatic nitrogens is 1. The van der Waals surface area contributed by atoms with Gasteiger partial charge in [0.15, 0.2) is 0 Å². The minimum atomic E-state index is 0.412. The predicted octanol–water partition coefficient (Wildman–Crippen LogP) is 11.5. The summed E-state index contributed by atoms with van der Waals surface area (Å²) in [5.41, 5.74) is 11.8. The molecule has 0 spiro atoms. The van der Waals surface area contributed by atoms with Gasteiger partial charge in [-0.2, -0.15) is 23.5 Å². The van der Waals surface area contributed by atoms with Crippen molar-refractivity contribution in [3.8, 4) is 33.8 Å². The second-order valence-electron chi connectivity index (χ2n) is 11.5. The minimum Gasteiger partial charge on any atom is -0.487 e. The van der Waals surface area contributed by atoms with Crippen LogP contribution < -0.4 is 9.47 Å². The molecule has 6 heteroatoms. The highest BCUT2D eigenvalue weighted by molar-refractivity contribution is 9.10.